The molecule has 92 valence electrons. The highest BCUT2D eigenvalue weighted by Crippen LogP contribution is 2.30. The number of nitrogens with zero attached hydrogens (tertiary/aromatic N) is 2. The zero-order valence-corrected chi connectivity index (χ0v) is 9.94. The standard InChI is InChI=1S/C13H11FN2O2/c1-15-10-5-7(14)3-4-8(10)9-6-11(13(17)18)16(2)12(9)15/h3-6H,1-2H3,(H,17,18). The maximum Gasteiger partial charge on any atom is 0.352 e. The third-order valence-corrected chi connectivity index (χ3v) is 3.35. The molecular weight excluding hydrogens is 235 g/mol. The van der Waals surface area contributed by atoms with Gasteiger partial charge in [-0.3, -0.25) is 0 Å². The number of hydrogen-bond donors (Lipinski definition) is 1. The topological polar surface area (TPSA) is 47.2 Å². The van der Waals surface area contributed by atoms with Crippen LogP contribution >= 0.6 is 0 Å². The minimum absolute atomic E-state index is 0.224. The minimum atomic E-state index is -0.969. The molecule has 3 aromatic rings. The molecule has 4 nitrogen and oxygen atoms in total. The van der Waals surface area contributed by atoms with Crippen molar-refractivity contribution in [1.29, 1.82) is 0 Å². The smallest absolute Gasteiger partial charge is 0.352 e. The molecule has 0 saturated heterocycles. The monoisotopic (exact) mass is 246 g/mol. The highest BCUT2D eigenvalue weighted by molar-refractivity contribution is 6.10. The van der Waals surface area contributed by atoms with Crippen LogP contribution in [0.25, 0.3) is 21.9 Å². The van der Waals surface area contributed by atoms with E-state index in [4.69, 9.17) is 5.11 Å². The molecule has 0 unspecified atom stereocenters. The first kappa shape index (κ1) is 10.8. The Morgan fingerprint density at radius 1 is 1.17 bits per heavy atom. The Bertz CT molecular complexity index is 798. The summed E-state index contributed by atoms with van der Waals surface area (Å²) in [5.41, 5.74) is 1.75. The molecule has 18 heavy (non-hydrogen) atoms. The number of carboxylic acids is 1. The fourth-order valence-electron chi connectivity index (χ4n) is 2.53. The summed E-state index contributed by atoms with van der Waals surface area (Å²) >= 11 is 0. The molecule has 0 aliphatic carbocycles. The molecule has 1 N–H and O–H groups in total. The van der Waals surface area contributed by atoms with Crippen LogP contribution in [0.2, 0.25) is 0 Å². The van der Waals surface area contributed by atoms with E-state index >= 15 is 0 Å². The van der Waals surface area contributed by atoms with Crippen molar-refractivity contribution in [2.75, 3.05) is 0 Å². The van der Waals surface area contributed by atoms with Crippen LogP contribution in [-0.4, -0.2) is 20.2 Å². The number of carbonyl (C=O) groups is 1. The molecule has 3 rings (SSSR count). The first-order valence-corrected chi connectivity index (χ1v) is 5.47. The van der Waals surface area contributed by atoms with Crippen molar-refractivity contribution in [2.45, 2.75) is 0 Å². The van der Waals surface area contributed by atoms with Crippen molar-refractivity contribution in [3.05, 3.63) is 35.8 Å². The third-order valence-electron chi connectivity index (χ3n) is 3.35. The summed E-state index contributed by atoms with van der Waals surface area (Å²) < 4.78 is 16.7. The van der Waals surface area contributed by atoms with E-state index in [0.29, 0.717) is 0 Å². The molecule has 2 aromatic heterocycles. The normalized spacial score (nSPS) is 11.5. The summed E-state index contributed by atoms with van der Waals surface area (Å²) in [7, 11) is 3.50. The van der Waals surface area contributed by atoms with Gasteiger partial charge in [-0.1, -0.05) is 0 Å². The van der Waals surface area contributed by atoms with Crippen LogP contribution in [-0.2, 0) is 14.1 Å². The zero-order valence-electron chi connectivity index (χ0n) is 9.94. The molecule has 0 aliphatic heterocycles. The van der Waals surface area contributed by atoms with Gasteiger partial charge in [0.15, 0.2) is 0 Å². The van der Waals surface area contributed by atoms with Crippen molar-refractivity contribution in [3.63, 3.8) is 0 Å². The molecular formula is C13H11FN2O2. The fourth-order valence-corrected chi connectivity index (χ4v) is 2.53. The number of hydrogen-bond acceptors (Lipinski definition) is 1. The second-order valence-electron chi connectivity index (χ2n) is 4.35. The molecule has 0 atom stereocenters. The first-order chi connectivity index (χ1) is 8.50. The molecule has 2 heterocycles. The van der Waals surface area contributed by atoms with Gasteiger partial charge >= 0.3 is 5.97 Å². The third kappa shape index (κ3) is 1.21. The van der Waals surface area contributed by atoms with E-state index in [1.807, 2.05) is 0 Å². The minimum Gasteiger partial charge on any atom is -0.477 e. The van der Waals surface area contributed by atoms with Crippen LogP contribution in [0.5, 0.6) is 0 Å². The average Bonchev–Trinajstić information content (AvgIpc) is 2.78. The van der Waals surface area contributed by atoms with Crippen molar-refractivity contribution < 1.29 is 14.3 Å². The number of aromatic nitrogens is 2. The van der Waals surface area contributed by atoms with Gasteiger partial charge in [0.1, 0.15) is 17.2 Å². The van der Waals surface area contributed by atoms with Gasteiger partial charge in [-0.15, -0.1) is 0 Å². The lowest BCUT2D eigenvalue weighted by atomic mass is 10.2. The van der Waals surface area contributed by atoms with Gasteiger partial charge in [-0.05, 0) is 24.3 Å². The summed E-state index contributed by atoms with van der Waals surface area (Å²) in [6, 6.07) is 6.14. The SMILES string of the molecule is Cn1c(C(=O)O)cc2c3ccc(F)cc3n(C)c21. The maximum atomic E-state index is 13.2. The van der Waals surface area contributed by atoms with E-state index in [2.05, 4.69) is 0 Å². The largest absolute Gasteiger partial charge is 0.477 e. The number of fused-ring (bicyclic) bond motifs is 3. The Kier molecular flexibility index (Phi) is 2.02. The van der Waals surface area contributed by atoms with Crippen LogP contribution in [0, 0.1) is 5.82 Å². The molecule has 5 heteroatoms. The Morgan fingerprint density at radius 2 is 1.89 bits per heavy atom. The van der Waals surface area contributed by atoms with E-state index in [9.17, 15) is 9.18 Å². The predicted octanol–water partition coefficient (Wildman–Crippen LogP) is 2.51. The Balaban J connectivity index is 2.53. The number of halogens is 1. The molecule has 0 amide bonds. The van der Waals surface area contributed by atoms with Crippen LogP contribution in [0.15, 0.2) is 24.3 Å². The summed E-state index contributed by atoms with van der Waals surface area (Å²) in [4.78, 5) is 11.1. The van der Waals surface area contributed by atoms with Crippen molar-refractivity contribution >= 4 is 27.9 Å². The van der Waals surface area contributed by atoms with Gasteiger partial charge < -0.3 is 14.2 Å². The van der Waals surface area contributed by atoms with E-state index in [1.54, 1.807) is 35.4 Å². The zero-order chi connectivity index (χ0) is 13.0. The molecule has 0 bridgehead atoms. The van der Waals surface area contributed by atoms with Crippen molar-refractivity contribution in [1.82, 2.24) is 9.13 Å². The number of aromatic carboxylic acids is 1. The van der Waals surface area contributed by atoms with Crippen molar-refractivity contribution in [3.8, 4) is 0 Å². The van der Waals surface area contributed by atoms with Crippen LogP contribution in [0.4, 0.5) is 4.39 Å². The van der Waals surface area contributed by atoms with Crippen LogP contribution in [0.1, 0.15) is 10.5 Å². The molecule has 0 aliphatic rings. The predicted molar refractivity (Wildman–Crippen MR) is 66.3 cm³/mol. The first-order valence-electron chi connectivity index (χ1n) is 5.47. The van der Waals surface area contributed by atoms with E-state index in [-0.39, 0.29) is 11.5 Å². The van der Waals surface area contributed by atoms with Gasteiger partial charge in [-0.2, -0.15) is 0 Å². The molecule has 0 radical (unpaired) electrons. The summed E-state index contributed by atoms with van der Waals surface area (Å²) in [6.45, 7) is 0. The van der Waals surface area contributed by atoms with Gasteiger partial charge in [0.05, 0.1) is 5.52 Å². The summed E-state index contributed by atoms with van der Waals surface area (Å²) in [5, 5.41) is 10.8. The van der Waals surface area contributed by atoms with E-state index < -0.39 is 5.97 Å². The quantitative estimate of drug-likeness (QED) is 0.717. The fraction of sp³-hybridized carbons (Fsp3) is 0.154. The Labute approximate surface area is 102 Å². The average molecular weight is 246 g/mol. The van der Waals surface area contributed by atoms with E-state index in [0.717, 1.165) is 21.9 Å². The highest BCUT2D eigenvalue weighted by Gasteiger charge is 2.18. The number of carboxylic acid groups (broad SMARTS) is 1. The number of aryl methyl sites for hydroxylation is 2. The summed E-state index contributed by atoms with van der Waals surface area (Å²) in [6.07, 6.45) is 0. The highest BCUT2D eigenvalue weighted by atomic mass is 19.1. The van der Waals surface area contributed by atoms with Crippen LogP contribution < -0.4 is 0 Å². The lowest BCUT2D eigenvalue weighted by molar-refractivity contribution is 0.0687. The van der Waals surface area contributed by atoms with Crippen molar-refractivity contribution in [2.24, 2.45) is 14.1 Å². The summed E-state index contributed by atoms with van der Waals surface area (Å²) in [5.74, 6) is -1.27. The molecule has 1 aromatic carbocycles. The second-order valence-corrected chi connectivity index (χ2v) is 4.35. The van der Waals surface area contributed by atoms with Gasteiger partial charge in [0, 0.05) is 24.9 Å². The van der Waals surface area contributed by atoms with Gasteiger partial charge in [-0.25, -0.2) is 9.18 Å². The second kappa shape index (κ2) is 3.35. The number of rotatable bonds is 1. The van der Waals surface area contributed by atoms with Crippen LogP contribution in [0.3, 0.4) is 0 Å². The Hall–Kier alpha value is -2.30. The maximum absolute atomic E-state index is 13.2. The lowest BCUT2D eigenvalue weighted by Gasteiger charge is -2.03. The molecule has 0 fully saturated rings. The molecule has 0 spiro atoms. The lowest BCUT2D eigenvalue weighted by Crippen LogP contribution is -2.05. The van der Waals surface area contributed by atoms with E-state index in [1.165, 1.54) is 12.1 Å². The molecule has 0 saturated carbocycles. The van der Waals surface area contributed by atoms with Gasteiger partial charge in [0.2, 0.25) is 0 Å². The number of benzene rings is 1. The Morgan fingerprint density at radius 3 is 2.56 bits per heavy atom. The van der Waals surface area contributed by atoms with Gasteiger partial charge in [0.25, 0.3) is 0 Å².